The van der Waals surface area contributed by atoms with Gasteiger partial charge in [0.05, 0.1) is 0 Å². The molecular formula is C17H26N2O2. The number of likely N-dealkylation sites (N-methyl/N-ethyl adjacent to an activating group) is 1. The third-order valence-electron chi connectivity index (χ3n) is 4.45. The van der Waals surface area contributed by atoms with Crippen LogP contribution in [0.25, 0.3) is 0 Å². The monoisotopic (exact) mass is 290 g/mol. The van der Waals surface area contributed by atoms with Gasteiger partial charge in [-0.05, 0) is 63.9 Å². The second-order valence-electron chi connectivity index (χ2n) is 6.40. The summed E-state index contributed by atoms with van der Waals surface area (Å²) in [6.45, 7) is 5.06. The molecule has 1 aromatic carbocycles. The summed E-state index contributed by atoms with van der Waals surface area (Å²) in [7, 11) is 2.21. The number of nitrogens with zero attached hydrogens (tertiary/aromatic N) is 1. The number of hydrogen-bond donors (Lipinski definition) is 1. The minimum atomic E-state index is 0.353. The van der Waals surface area contributed by atoms with Gasteiger partial charge in [0, 0.05) is 18.6 Å². The molecule has 0 bridgehead atoms. The molecule has 0 spiro atoms. The lowest BCUT2D eigenvalue weighted by Gasteiger charge is -2.32. The molecule has 2 aliphatic heterocycles. The van der Waals surface area contributed by atoms with Crippen molar-refractivity contribution in [1.29, 1.82) is 0 Å². The number of hydrogen-bond acceptors (Lipinski definition) is 4. The highest BCUT2D eigenvalue weighted by Crippen LogP contribution is 2.32. The Hall–Kier alpha value is -1.26. The Kier molecular flexibility index (Phi) is 4.66. The topological polar surface area (TPSA) is 33.7 Å². The molecule has 3 rings (SSSR count). The largest absolute Gasteiger partial charge is 0.454 e. The van der Waals surface area contributed by atoms with Crippen molar-refractivity contribution in [2.45, 2.75) is 44.7 Å². The van der Waals surface area contributed by atoms with E-state index in [0.29, 0.717) is 18.9 Å². The van der Waals surface area contributed by atoms with Crippen LogP contribution in [0.15, 0.2) is 18.2 Å². The van der Waals surface area contributed by atoms with Crippen LogP contribution in [0.1, 0.15) is 31.7 Å². The molecule has 1 saturated heterocycles. The van der Waals surface area contributed by atoms with Crippen LogP contribution in [-0.4, -0.2) is 43.9 Å². The predicted molar refractivity (Wildman–Crippen MR) is 84.0 cm³/mol. The third-order valence-corrected chi connectivity index (χ3v) is 4.45. The van der Waals surface area contributed by atoms with Crippen LogP contribution in [0, 0.1) is 0 Å². The van der Waals surface area contributed by atoms with Gasteiger partial charge in [0.2, 0.25) is 6.79 Å². The maximum absolute atomic E-state index is 5.44. The van der Waals surface area contributed by atoms with Crippen molar-refractivity contribution in [3.63, 3.8) is 0 Å². The van der Waals surface area contributed by atoms with E-state index in [-0.39, 0.29) is 0 Å². The zero-order chi connectivity index (χ0) is 14.7. The summed E-state index contributed by atoms with van der Waals surface area (Å²) in [5.74, 6) is 1.76. The van der Waals surface area contributed by atoms with Crippen LogP contribution in [0.4, 0.5) is 0 Å². The lowest BCUT2D eigenvalue weighted by atomic mass is 10.0. The smallest absolute Gasteiger partial charge is 0.231 e. The minimum Gasteiger partial charge on any atom is -0.454 e. The summed E-state index contributed by atoms with van der Waals surface area (Å²) in [5, 5.41) is 3.77. The van der Waals surface area contributed by atoms with E-state index in [9.17, 15) is 0 Å². The first-order valence-corrected chi connectivity index (χ1v) is 8.04. The fourth-order valence-corrected chi connectivity index (χ4v) is 3.27. The molecular weight excluding hydrogens is 264 g/mol. The van der Waals surface area contributed by atoms with Gasteiger partial charge < -0.3 is 19.7 Å². The molecule has 116 valence electrons. The highest BCUT2D eigenvalue weighted by atomic mass is 16.7. The highest BCUT2D eigenvalue weighted by Gasteiger charge is 2.19. The van der Waals surface area contributed by atoms with E-state index >= 15 is 0 Å². The Balaban J connectivity index is 1.46. The molecule has 2 unspecified atom stereocenters. The van der Waals surface area contributed by atoms with E-state index in [4.69, 9.17) is 9.47 Å². The molecule has 1 N–H and O–H groups in total. The van der Waals surface area contributed by atoms with Gasteiger partial charge in [0.15, 0.2) is 11.5 Å². The number of rotatable bonds is 5. The van der Waals surface area contributed by atoms with Crippen molar-refractivity contribution in [1.82, 2.24) is 10.2 Å². The number of fused-ring (bicyclic) bond motifs is 1. The number of nitrogens with one attached hydrogen (secondary N) is 1. The van der Waals surface area contributed by atoms with Gasteiger partial charge in [-0.2, -0.15) is 0 Å². The molecule has 21 heavy (non-hydrogen) atoms. The summed E-state index contributed by atoms with van der Waals surface area (Å²) in [6.07, 6.45) is 4.84. The summed E-state index contributed by atoms with van der Waals surface area (Å²) in [5.41, 5.74) is 1.33. The maximum atomic E-state index is 5.44. The van der Waals surface area contributed by atoms with E-state index < -0.39 is 0 Å². The molecule has 4 heteroatoms. The summed E-state index contributed by atoms with van der Waals surface area (Å²) in [6, 6.07) is 7.48. The SMILES string of the molecule is CC(CCc1ccc2c(c1)OCO2)NC1CCCN(C)C1. The Morgan fingerprint density at radius 3 is 3.05 bits per heavy atom. The molecule has 2 atom stereocenters. The van der Waals surface area contributed by atoms with Crippen molar-refractivity contribution in [3.05, 3.63) is 23.8 Å². The van der Waals surface area contributed by atoms with Crippen molar-refractivity contribution >= 4 is 0 Å². The van der Waals surface area contributed by atoms with Crippen molar-refractivity contribution in [2.75, 3.05) is 26.9 Å². The summed E-state index contributed by atoms with van der Waals surface area (Å²) >= 11 is 0. The Morgan fingerprint density at radius 2 is 2.19 bits per heavy atom. The average molecular weight is 290 g/mol. The van der Waals surface area contributed by atoms with Gasteiger partial charge in [-0.25, -0.2) is 0 Å². The van der Waals surface area contributed by atoms with Crippen LogP contribution in [0.5, 0.6) is 11.5 Å². The van der Waals surface area contributed by atoms with Gasteiger partial charge in [0.25, 0.3) is 0 Å². The zero-order valence-electron chi connectivity index (χ0n) is 13.1. The molecule has 2 aliphatic rings. The first-order chi connectivity index (χ1) is 10.2. The van der Waals surface area contributed by atoms with Crippen LogP contribution in [0.3, 0.4) is 0 Å². The van der Waals surface area contributed by atoms with Gasteiger partial charge in [0.1, 0.15) is 0 Å². The van der Waals surface area contributed by atoms with Crippen LogP contribution >= 0.6 is 0 Å². The second kappa shape index (κ2) is 6.67. The fourth-order valence-electron chi connectivity index (χ4n) is 3.27. The van der Waals surface area contributed by atoms with Crippen LogP contribution in [0.2, 0.25) is 0 Å². The molecule has 0 aliphatic carbocycles. The number of ether oxygens (including phenoxy) is 2. The van der Waals surface area contributed by atoms with E-state index in [1.54, 1.807) is 0 Å². The Labute approximate surface area is 127 Å². The van der Waals surface area contributed by atoms with E-state index in [2.05, 4.69) is 36.3 Å². The number of likely N-dealkylation sites (tertiary alicyclic amines) is 1. The Morgan fingerprint density at radius 1 is 1.33 bits per heavy atom. The molecule has 0 amide bonds. The standard InChI is InChI=1S/C17H26N2O2/c1-13(18-15-4-3-9-19(2)11-15)5-6-14-7-8-16-17(10-14)21-12-20-16/h7-8,10,13,15,18H,3-6,9,11-12H2,1-2H3. The van der Waals surface area contributed by atoms with E-state index in [1.807, 2.05) is 6.07 Å². The Bertz CT molecular complexity index is 478. The number of benzene rings is 1. The minimum absolute atomic E-state index is 0.353. The van der Waals surface area contributed by atoms with Crippen LogP contribution < -0.4 is 14.8 Å². The zero-order valence-corrected chi connectivity index (χ0v) is 13.1. The lowest BCUT2D eigenvalue weighted by Crippen LogP contribution is -2.47. The van der Waals surface area contributed by atoms with Gasteiger partial charge in [-0.3, -0.25) is 0 Å². The first-order valence-electron chi connectivity index (χ1n) is 8.04. The fraction of sp³-hybridized carbons (Fsp3) is 0.647. The highest BCUT2D eigenvalue weighted by molar-refractivity contribution is 5.44. The molecule has 0 radical (unpaired) electrons. The normalized spacial score (nSPS) is 23.2. The molecule has 1 fully saturated rings. The number of aryl methyl sites for hydroxylation is 1. The van der Waals surface area contributed by atoms with Crippen molar-refractivity contribution in [2.24, 2.45) is 0 Å². The van der Waals surface area contributed by atoms with Crippen molar-refractivity contribution in [3.8, 4) is 11.5 Å². The van der Waals surface area contributed by atoms with Crippen LogP contribution in [-0.2, 0) is 6.42 Å². The number of piperidine rings is 1. The van der Waals surface area contributed by atoms with Gasteiger partial charge in [-0.15, -0.1) is 0 Å². The summed E-state index contributed by atoms with van der Waals surface area (Å²) < 4.78 is 10.8. The average Bonchev–Trinajstić information content (AvgIpc) is 2.92. The maximum Gasteiger partial charge on any atom is 0.231 e. The molecule has 4 nitrogen and oxygen atoms in total. The molecule has 2 heterocycles. The molecule has 0 aromatic heterocycles. The van der Waals surface area contributed by atoms with Gasteiger partial charge >= 0.3 is 0 Å². The summed E-state index contributed by atoms with van der Waals surface area (Å²) in [4.78, 5) is 2.42. The van der Waals surface area contributed by atoms with Gasteiger partial charge in [-0.1, -0.05) is 6.07 Å². The van der Waals surface area contributed by atoms with E-state index in [0.717, 1.165) is 24.3 Å². The predicted octanol–water partition coefficient (Wildman–Crippen LogP) is 2.42. The lowest BCUT2D eigenvalue weighted by molar-refractivity contribution is 0.174. The second-order valence-corrected chi connectivity index (χ2v) is 6.40. The quantitative estimate of drug-likeness (QED) is 0.903. The third kappa shape index (κ3) is 3.89. The van der Waals surface area contributed by atoms with Crippen molar-refractivity contribution < 1.29 is 9.47 Å². The van der Waals surface area contributed by atoms with E-state index in [1.165, 1.54) is 31.5 Å². The molecule has 1 aromatic rings. The molecule has 0 saturated carbocycles. The first kappa shape index (κ1) is 14.7.